The van der Waals surface area contributed by atoms with Crippen LogP contribution in [0.4, 0.5) is 8.78 Å². The number of benzene rings is 1. The Kier molecular flexibility index (Phi) is 3.19. The van der Waals surface area contributed by atoms with E-state index >= 15 is 0 Å². The molecule has 100 valence electrons. The zero-order chi connectivity index (χ0) is 13.6. The number of fused-ring (bicyclic) bond motifs is 1. The van der Waals surface area contributed by atoms with Gasteiger partial charge in [0.1, 0.15) is 11.6 Å². The van der Waals surface area contributed by atoms with E-state index in [9.17, 15) is 13.9 Å². The van der Waals surface area contributed by atoms with Crippen molar-refractivity contribution in [1.29, 1.82) is 0 Å². The van der Waals surface area contributed by atoms with Gasteiger partial charge in [-0.2, -0.15) is 0 Å². The van der Waals surface area contributed by atoms with Crippen LogP contribution >= 0.6 is 15.9 Å². The summed E-state index contributed by atoms with van der Waals surface area (Å²) in [6, 6.07) is 4.09. The molecule has 19 heavy (non-hydrogen) atoms. The van der Waals surface area contributed by atoms with Gasteiger partial charge in [0, 0.05) is 23.5 Å². The summed E-state index contributed by atoms with van der Waals surface area (Å²) in [5.74, 6) is -1.23. The number of hydrogen-bond donors (Lipinski definition) is 1. The van der Waals surface area contributed by atoms with E-state index in [2.05, 4.69) is 15.9 Å². The second kappa shape index (κ2) is 4.72. The molecule has 0 amide bonds. The van der Waals surface area contributed by atoms with E-state index in [1.54, 1.807) is 16.8 Å². The van der Waals surface area contributed by atoms with Crippen LogP contribution in [0.25, 0.3) is 5.69 Å². The molecule has 0 bridgehead atoms. The van der Waals surface area contributed by atoms with Crippen LogP contribution in [0.3, 0.4) is 0 Å². The molecule has 0 saturated carbocycles. The minimum atomic E-state index is -0.623. The molecule has 1 unspecified atom stereocenters. The molecule has 2 aromatic rings. The van der Waals surface area contributed by atoms with Crippen LogP contribution in [0.15, 0.2) is 28.9 Å². The van der Waals surface area contributed by atoms with Crippen LogP contribution in [-0.2, 0) is 6.42 Å². The fourth-order valence-electron chi connectivity index (χ4n) is 2.59. The van der Waals surface area contributed by atoms with Crippen LogP contribution in [0.1, 0.15) is 30.2 Å². The molecular formula is C14H12BrF2NO. The van der Waals surface area contributed by atoms with Gasteiger partial charge in [-0.1, -0.05) is 0 Å². The van der Waals surface area contributed by atoms with Gasteiger partial charge >= 0.3 is 0 Å². The maximum absolute atomic E-state index is 13.9. The SMILES string of the molecule is OC1CCCc2c1ccn2-c1cc(Br)c(F)cc1F. The number of rotatable bonds is 1. The Labute approximate surface area is 117 Å². The van der Waals surface area contributed by atoms with Gasteiger partial charge in [-0.25, -0.2) is 8.78 Å². The normalized spacial score (nSPS) is 18.4. The first kappa shape index (κ1) is 12.8. The molecule has 1 N–H and O–H groups in total. The third-order valence-corrected chi connectivity index (χ3v) is 4.13. The smallest absolute Gasteiger partial charge is 0.150 e. The Morgan fingerprint density at radius 2 is 2.05 bits per heavy atom. The van der Waals surface area contributed by atoms with Crippen LogP contribution in [-0.4, -0.2) is 9.67 Å². The zero-order valence-corrected chi connectivity index (χ0v) is 11.6. The third kappa shape index (κ3) is 2.11. The topological polar surface area (TPSA) is 25.2 Å². The second-order valence-electron chi connectivity index (χ2n) is 4.71. The third-order valence-electron chi connectivity index (χ3n) is 3.53. The lowest BCUT2D eigenvalue weighted by molar-refractivity contribution is 0.156. The highest BCUT2D eigenvalue weighted by Crippen LogP contribution is 2.33. The minimum Gasteiger partial charge on any atom is -0.388 e. The largest absolute Gasteiger partial charge is 0.388 e. The second-order valence-corrected chi connectivity index (χ2v) is 5.57. The highest BCUT2D eigenvalue weighted by atomic mass is 79.9. The fourth-order valence-corrected chi connectivity index (χ4v) is 2.92. The average Bonchev–Trinajstić information content (AvgIpc) is 2.79. The predicted molar refractivity (Wildman–Crippen MR) is 71.3 cm³/mol. The molecule has 1 heterocycles. The van der Waals surface area contributed by atoms with Crippen molar-refractivity contribution in [2.45, 2.75) is 25.4 Å². The molecule has 0 spiro atoms. The number of aromatic nitrogens is 1. The maximum Gasteiger partial charge on any atom is 0.150 e. The molecule has 0 saturated heterocycles. The summed E-state index contributed by atoms with van der Waals surface area (Å²) in [7, 11) is 0. The molecule has 1 atom stereocenters. The summed E-state index contributed by atoms with van der Waals surface area (Å²) in [6.45, 7) is 0. The van der Waals surface area contributed by atoms with Gasteiger partial charge in [0.05, 0.1) is 16.3 Å². The average molecular weight is 328 g/mol. The number of halogens is 3. The van der Waals surface area contributed by atoms with E-state index in [0.29, 0.717) is 5.69 Å². The number of aliphatic hydroxyl groups is 1. The van der Waals surface area contributed by atoms with Gasteiger partial charge in [-0.05, 0) is 47.3 Å². The number of hydrogen-bond acceptors (Lipinski definition) is 1. The first-order chi connectivity index (χ1) is 9.08. The summed E-state index contributed by atoms with van der Waals surface area (Å²) < 4.78 is 29.1. The summed E-state index contributed by atoms with van der Waals surface area (Å²) >= 11 is 3.07. The summed E-state index contributed by atoms with van der Waals surface area (Å²) in [4.78, 5) is 0. The van der Waals surface area contributed by atoms with Gasteiger partial charge in [-0.3, -0.25) is 0 Å². The predicted octanol–water partition coefficient (Wildman–Crippen LogP) is 3.89. The maximum atomic E-state index is 13.9. The van der Waals surface area contributed by atoms with E-state index < -0.39 is 17.7 Å². The van der Waals surface area contributed by atoms with Crippen molar-refractivity contribution in [2.75, 3.05) is 0 Å². The molecule has 1 aromatic heterocycles. The fraction of sp³-hybridized carbons (Fsp3) is 0.286. The molecule has 2 nitrogen and oxygen atoms in total. The van der Waals surface area contributed by atoms with Gasteiger partial charge in [0.2, 0.25) is 0 Å². The van der Waals surface area contributed by atoms with Crippen LogP contribution < -0.4 is 0 Å². The van der Waals surface area contributed by atoms with Crippen LogP contribution in [0, 0.1) is 11.6 Å². The quantitative estimate of drug-likeness (QED) is 0.790. The van der Waals surface area contributed by atoms with Gasteiger partial charge < -0.3 is 9.67 Å². The lowest BCUT2D eigenvalue weighted by Crippen LogP contribution is -2.11. The van der Waals surface area contributed by atoms with Gasteiger partial charge in [0.25, 0.3) is 0 Å². The Balaban J connectivity index is 2.16. The Morgan fingerprint density at radius 1 is 1.26 bits per heavy atom. The summed E-state index contributed by atoms with van der Waals surface area (Å²) in [5.41, 5.74) is 2.03. The van der Waals surface area contributed by atoms with E-state index in [1.807, 2.05) is 0 Å². The lowest BCUT2D eigenvalue weighted by Gasteiger charge is -2.20. The van der Waals surface area contributed by atoms with Crippen molar-refractivity contribution < 1.29 is 13.9 Å². The van der Waals surface area contributed by atoms with E-state index in [4.69, 9.17) is 0 Å². The van der Waals surface area contributed by atoms with Crippen LogP contribution in [0.5, 0.6) is 0 Å². The van der Waals surface area contributed by atoms with Crippen molar-refractivity contribution in [3.8, 4) is 5.69 Å². The van der Waals surface area contributed by atoms with E-state index in [-0.39, 0.29) is 4.47 Å². The highest BCUT2D eigenvalue weighted by Gasteiger charge is 2.23. The van der Waals surface area contributed by atoms with Crippen molar-refractivity contribution in [2.24, 2.45) is 0 Å². The monoisotopic (exact) mass is 327 g/mol. The molecule has 1 aromatic carbocycles. The van der Waals surface area contributed by atoms with Crippen molar-refractivity contribution >= 4 is 15.9 Å². The summed E-state index contributed by atoms with van der Waals surface area (Å²) in [6.07, 6.45) is 3.61. The summed E-state index contributed by atoms with van der Waals surface area (Å²) in [5, 5.41) is 9.91. The van der Waals surface area contributed by atoms with E-state index in [1.165, 1.54) is 6.07 Å². The zero-order valence-electron chi connectivity index (χ0n) is 10.0. The van der Waals surface area contributed by atoms with Crippen molar-refractivity contribution in [3.05, 3.63) is 51.8 Å². The number of aliphatic hydroxyl groups excluding tert-OH is 1. The Morgan fingerprint density at radius 3 is 2.84 bits per heavy atom. The van der Waals surface area contributed by atoms with Crippen molar-refractivity contribution in [3.63, 3.8) is 0 Å². The van der Waals surface area contributed by atoms with Gasteiger partial charge in [0.15, 0.2) is 0 Å². The van der Waals surface area contributed by atoms with Crippen LogP contribution in [0.2, 0.25) is 0 Å². The Hall–Kier alpha value is -1.20. The number of nitrogens with zero attached hydrogens (tertiary/aromatic N) is 1. The molecule has 3 rings (SSSR count). The molecule has 0 aliphatic heterocycles. The highest BCUT2D eigenvalue weighted by molar-refractivity contribution is 9.10. The standard InChI is InChI=1S/C14H12BrF2NO/c15-9-6-13(11(17)7-10(9)16)18-5-4-8-12(18)2-1-3-14(8)19/h4-7,14,19H,1-3H2. The molecular weight excluding hydrogens is 316 g/mol. The molecule has 5 heteroatoms. The molecule has 0 radical (unpaired) electrons. The van der Waals surface area contributed by atoms with E-state index in [0.717, 1.165) is 36.6 Å². The lowest BCUT2D eigenvalue weighted by atomic mass is 9.95. The first-order valence-corrected chi connectivity index (χ1v) is 6.90. The molecule has 1 aliphatic carbocycles. The van der Waals surface area contributed by atoms with Crippen molar-refractivity contribution in [1.82, 2.24) is 4.57 Å². The van der Waals surface area contributed by atoms with Gasteiger partial charge in [-0.15, -0.1) is 0 Å². The molecule has 1 aliphatic rings. The Bertz CT molecular complexity index is 639. The minimum absolute atomic E-state index is 0.225. The molecule has 0 fully saturated rings. The first-order valence-electron chi connectivity index (χ1n) is 6.11.